The molecule has 0 aromatic heterocycles. The van der Waals surface area contributed by atoms with Gasteiger partial charge in [0.2, 0.25) is 11.7 Å². The van der Waals surface area contributed by atoms with Crippen molar-refractivity contribution in [3.63, 3.8) is 0 Å². The largest absolute Gasteiger partial charge is 0.508 e. The number of primary amides is 1. The molecule has 14 heteroatoms. The first-order valence-corrected chi connectivity index (χ1v) is 13.9. The van der Waals surface area contributed by atoms with E-state index in [4.69, 9.17) is 28.9 Å². The van der Waals surface area contributed by atoms with Gasteiger partial charge in [0.25, 0.3) is 5.91 Å². The maximum absolute atomic E-state index is 13.9. The smallest absolute Gasteiger partial charge is 0.255 e. The third-order valence-electron chi connectivity index (χ3n) is 8.33. The van der Waals surface area contributed by atoms with E-state index in [1.54, 1.807) is 0 Å². The fraction of sp³-hybridized carbons (Fsp3) is 0.310. The molecule has 2 aromatic rings. The van der Waals surface area contributed by atoms with Crippen LogP contribution in [0.2, 0.25) is 5.02 Å². The molecule has 1 fully saturated rings. The molecular weight excluding hydrogens is 605 g/mol. The monoisotopic (exact) mass is 631 g/mol. The highest BCUT2D eigenvalue weighted by Crippen LogP contribution is 2.54. The highest BCUT2D eigenvalue weighted by molar-refractivity contribution is 6.36. The fourth-order valence-electron chi connectivity index (χ4n) is 6.36. The first-order valence-electron chi connectivity index (χ1n) is 13.0. The zero-order valence-electron chi connectivity index (χ0n) is 22.8. The van der Waals surface area contributed by atoms with E-state index in [1.165, 1.54) is 49.3 Å². The Balaban J connectivity index is 1.59. The number of halogens is 2. The minimum atomic E-state index is -2.78. The summed E-state index contributed by atoms with van der Waals surface area (Å²) in [6, 6.07) is 5.72. The van der Waals surface area contributed by atoms with Crippen LogP contribution in [0.5, 0.6) is 11.5 Å². The number of rotatable bonds is 5. The molecule has 0 heterocycles. The number of alkyl halides is 1. The summed E-state index contributed by atoms with van der Waals surface area (Å²) in [5.41, 5.74) is 1.39. The van der Waals surface area contributed by atoms with Crippen molar-refractivity contribution in [2.75, 3.05) is 19.4 Å². The highest BCUT2D eigenvalue weighted by atomic mass is 35.5. The minimum absolute atomic E-state index is 0.0294. The quantitative estimate of drug-likeness (QED) is 0.145. The van der Waals surface area contributed by atoms with Crippen LogP contribution in [0, 0.1) is 11.8 Å². The number of anilines is 1. The first kappa shape index (κ1) is 30.4. The number of benzene rings is 2. The second-order valence-electron chi connectivity index (χ2n) is 11.0. The van der Waals surface area contributed by atoms with Gasteiger partial charge in [-0.2, -0.15) is 0 Å². The Kier molecular flexibility index (Phi) is 7.46. The fourth-order valence-corrected chi connectivity index (χ4v) is 6.83. The average Bonchev–Trinajstić information content (AvgIpc) is 2.92. The van der Waals surface area contributed by atoms with E-state index in [1.807, 2.05) is 0 Å². The van der Waals surface area contributed by atoms with E-state index < -0.39 is 75.1 Å². The number of nitrogens with zero attached hydrogens (tertiary/aromatic N) is 1. The van der Waals surface area contributed by atoms with Crippen molar-refractivity contribution in [1.82, 2.24) is 4.90 Å². The third kappa shape index (κ3) is 4.52. The Morgan fingerprint density at radius 1 is 1.12 bits per heavy atom. The molecule has 3 aliphatic carbocycles. The molecule has 226 valence electrons. The summed E-state index contributed by atoms with van der Waals surface area (Å²) in [6.07, 6.45) is -0.0507. The number of aliphatic hydroxyl groups excluding tert-OH is 2. The minimum Gasteiger partial charge on any atom is -0.508 e. The second kappa shape index (κ2) is 10.6. The number of aliphatic hydroxyl groups is 3. The molecule has 8 N–H and O–H groups in total. The van der Waals surface area contributed by atoms with Gasteiger partial charge >= 0.3 is 0 Å². The predicted octanol–water partition coefficient (Wildman–Crippen LogP) is 2.24. The summed E-state index contributed by atoms with van der Waals surface area (Å²) in [5.74, 6) is -8.79. The van der Waals surface area contributed by atoms with Gasteiger partial charge in [-0.1, -0.05) is 23.7 Å². The van der Waals surface area contributed by atoms with E-state index in [0.29, 0.717) is 11.1 Å². The van der Waals surface area contributed by atoms with Crippen molar-refractivity contribution in [3.05, 3.63) is 69.0 Å². The van der Waals surface area contributed by atoms with Crippen LogP contribution in [0.4, 0.5) is 5.69 Å². The van der Waals surface area contributed by atoms with E-state index in [0.717, 1.165) is 0 Å². The number of carbonyl (C=O) groups is 4. The Morgan fingerprint density at radius 2 is 1.74 bits per heavy atom. The van der Waals surface area contributed by atoms with Gasteiger partial charge in [0.1, 0.15) is 33.9 Å². The van der Waals surface area contributed by atoms with E-state index in [9.17, 15) is 44.7 Å². The lowest BCUT2D eigenvalue weighted by Gasteiger charge is -2.50. The zero-order valence-corrected chi connectivity index (χ0v) is 24.3. The Labute approximate surface area is 254 Å². The van der Waals surface area contributed by atoms with Crippen LogP contribution in [0.25, 0.3) is 5.76 Å². The lowest BCUT2D eigenvalue weighted by molar-refractivity contribution is -0.153. The molecule has 2 aromatic carbocycles. The van der Waals surface area contributed by atoms with Crippen LogP contribution in [-0.2, 0) is 25.6 Å². The Bertz CT molecular complexity index is 1670. The van der Waals surface area contributed by atoms with Crippen molar-refractivity contribution < 1.29 is 44.7 Å². The van der Waals surface area contributed by atoms with Crippen molar-refractivity contribution in [2.24, 2.45) is 17.6 Å². The Hall–Kier alpha value is -4.10. The maximum atomic E-state index is 13.9. The molecule has 0 saturated heterocycles. The molecule has 0 bridgehead atoms. The molecule has 5 rings (SSSR count). The van der Waals surface area contributed by atoms with E-state index in [-0.39, 0.29) is 40.4 Å². The molecule has 0 aliphatic heterocycles. The number of Topliss-reactive ketones (excluding diaryl/α,β-unsaturated/α-hetero) is 2. The van der Waals surface area contributed by atoms with Crippen LogP contribution < -0.4 is 11.1 Å². The molecule has 3 unspecified atom stereocenters. The molecular formula is C29H27Cl2N3O9. The molecule has 0 spiro atoms. The number of hydrogen-bond acceptors (Lipinski definition) is 10. The summed E-state index contributed by atoms with van der Waals surface area (Å²) in [5, 5.41) is 55.8. The predicted molar refractivity (Wildman–Crippen MR) is 155 cm³/mol. The van der Waals surface area contributed by atoms with E-state index >= 15 is 0 Å². The van der Waals surface area contributed by atoms with Crippen LogP contribution in [0.15, 0.2) is 47.2 Å². The number of nitrogens with one attached hydrogen (secondary N) is 1. The topological polar surface area (TPSA) is 211 Å². The summed E-state index contributed by atoms with van der Waals surface area (Å²) >= 11 is 12.7. The maximum Gasteiger partial charge on any atom is 0.255 e. The lowest BCUT2D eigenvalue weighted by Crippen LogP contribution is -2.65. The number of aromatic hydroxyl groups is 2. The van der Waals surface area contributed by atoms with Gasteiger partial charge in [0, 0.05) is 11.5 Å². The molecule has 12 nitrogen and oxygen atoms in total. The van der Waals surface area contributed by atoms with Gasteiger partial charge in [0.15, 0.2) is 17.1 Å². The van der Waals surface area contributed by atoms with E-state index in [2.05, 4.69) is 5.32 Å². The van der Waals surface area contributed by atoms with Crippen molar-refractivity contribution in [2.45, 2.75) is 29.9 Å². The summed E-state index contributed by atoms with van der Waals surface area (Å²) in [4.78, 5) is 53.6. The van der Waals surface area contributed by atoms with Crippen molar-refractivity contribution in [3.8, 4) is 11.5 Å². The van der Waals surface area contributed by atoms with Gasteiger partial charge in [-0.3, -0.25) is 24.1 Å². The number of fused-ring (bicyclic) bond motifs is 3. The number of nitrogens with two attached hydrogens (primary N) is 1. The standard InChI is InChI=1S/C29H27Cl2N3O9/c1-34(2)21-14-8-11-7-12-9-15(30)20(33-28(42)19(31)10-3-5-13(35)6-4-10)23(37)16(12)22(36)17(11)25(39)29(14,43)26(40)18(24(21)38)27(32)41/h3-6,9,11,14,19,21,35-37,40,43H,7-8H2,1-2H3,(H2,32,41)(H,33,42)/t11?,14?,19?,21-,29-/m0/s1. The van der Waals surface area contributed by atoms with Gasteiger partial charge in [-0.25, -0.2) is 0 Å². The SMILES string of the molecule is CN(C)[C@@H]1C(=O)C(C(N)=O)=C(O)[C@@]2(O)C(=O)C3=C(O)c4c(cc(Cl)c(NC(=O)C(Cl)c5ccc(O)cc5)c4O)CC3CC12. The number of ketones is 2. The average molecular weight is 632 g/mol. The summed E-state index contributed by atoms with van der Waals surface area (Å²) in [6.45, 7) is 0. The lowest BCUT2D eigenvalue weighted by atomic mass is 9.57. The number of phenolic OH excluding ortho intramolecular Hbond substituents is 2. The third-order valence-corrected chi connectivity index (χ3v) is 9.08. The Morgan fingerprint density at radius 3 is 2.33 bits per heavy atom. The van der Waals surface area contributed by atoms with Gasteiger partial charge < -0.3 is 36.6 Å². The highest BCUT2D eigenvalue weighted by Gasteiger charge is 2.64. The molecule has 3 aliphatic rings. The number of likely N-dealkylation sites (N-methyl/N-ethyl adjacent to an activating group) is 1. The van der Waals surface area contributed by atoms with Gasteiger partial charge in [0.05, 0.1) is 16.6 Å². The normalized spacial score (nSPS) is 25.7. The molecule has 0 radical (unpaired) electrons. The molecule has 43 heavy (non-hydrogen) atoms. The van der Waals surface area contributed by atoms with Crippen molar-refractivity contribution in [1.29, 1.82) is 0 Å². The molecule has 2 amide bonds. The van der Waals surface area contributed by atoms with Crippen LogP contribution in [0.1, 0.15) is 28.5 Å². The van der Waals surface area contributed by atoms with Crippen molar-refractivity contribution >= 4 is 58.0 Å². The number of carbonyl (C=O) groups excluding carboxylic acids is 4. The molecule has 5 atom stereocenters. The van der Waals surface area contributed by atoms with Crippen LogP contribution in [0.3, 0.4) is 0 Å². The van der Waals surface area contributed by atoms with Gasteiger partial charge in [-0.05, 0) is 62.2 Å². The van der Waals surface area contributed by atoms with Crippen LogP contribution >= 0.6 is 23.2 Å². The number of phenols is 2. The second-order valence-corrected chi connectivity index (χ2v) is 11.9. The van der Waals surface area contributed by atoms with Crippen LogP contribution in [-0.4, -0.2) is 79.6 Å². The number of amides is 2. The first-order chi connectivity index (χ1) is 20.1. The van der Waals surface area contributed by atoms with Gasteiger partial charge in [-0.15, -0.1) is 11.6 Å². The summed E-state index contributed by atoms with van der Waals surface area (Å²) in [7, 11) is 3.02. The zero-order chi connectivity index (χ0) is 31.7. The molecule has 1 saturated carbocycles. The summed E-state index contributed by atoms with van der Waals surface area (Å²) < 4.78 is 0. The number of hydrogen-bond donors (Lipinski definition) is 7.